The number of anilines is 1. The molecule has 46 heavy (non-hydrogen) atoms. The number of ether oxygens (including phenoxy) is 2. The molecule has 3 heterocycles. The van der Waals surface area contributed by atoms with E-state index in [0.29, 0.717) is 37.4 Å². The third kappa shape index (κ3) is 6.13. The highest BCUT2D eigenvalue weighted by Crippen LogP contribution is 2.65. The molecule has 1 aromatic carbocycles. The Morgan fingerprint density at radius 1 is 1.11 bits per heavy atom. The van der Waals surface area contributed by atoms with E-state index in [9.17, 15) is 19.5 Å². The van der Waals surface area contributed by atoms with Gasteiger partial charge in [-0.25, -0.2) is 0 Å². The molecule has 1 spiro atoms. The Morgan fingerprint density at radius 3 is 2.28 bits per heavy atom. The number of nitrogens with zero attached hydrogens (tertiary/aromatic N) is 3. The fourth-order valence-electron chi connectivity index (χ4n) is 8.69. The number of aliphatic hydroxyl groups is 1. The van der Waals surface area contributed by atoms with Crippen molar-refractivity contribution in [1.82, 2.24) is 9.80 Å². The number of rotatable bonds is 14. The van der Waals surface area contributed by atoms with Gasteiger partial charge in [0.2, 0.25) is 17.7 Å². The van der Waals surface area contributed by atoms with Crippen LogP contribution in [-0.4, -0.2) is 88.3 Å². The second-order valence-electron chi connectivity index (χ2n) is 15.3. The molecular formula is C37H55N3O6. The summed E-state index contributed by atoms with van der Waals surface area (Å²) in [7, 11) is 0. The largest absolute Gasteiger partial charge is 0.494 e. The summed E-state index contributed by atoms with van der Waals surface area (Å²) in [6.07, 6.45) is 4.90. The van der Waals surface area contributed by atoms with E-state index in [1.807, 2.05) is 49.9 Å². The molecule has 3 aliphatic heterocycles. The number of aliphatic hydroxyl groups excluding tert-OH is 1. The zero-order valence-electron chi connectivity index (χ0n) is 29.2. The molecule has 0 radical (unpaired) electrons. The number of fused-ring (bicyclic) bond motifs is 1. The SMILES string of the molecule is C=CCN(C(=O)[C@H]1[C@H]2C(=O)N(CCCO)C(C(=O)N(CC=C)C(C)(C)CC(C)(C)C)C23CC(C)[C@]1(C)O3)c1ccc(OCC)cc1. The van der Waals surface area contributed by atoms with Crippen LogP contribution in [0.25, 0.3) is 0 Å². The van der Waals surface area contributed by atoms with Crippen LogP contribution in [0.5, 0.6) is 5.75 Å². The number of amides is 3. The lowest BCUT2D eigenvalue weighted by molar-refractivity contribution is -0.156. The van der Waals surface area contributed by atoms with Crippen molar-refractivity contribution < 1.29 is 29.0 Å². The van der Waals surface area contributed by atoms with Crippen LogP contribution < -0.4 is 9.64 Å². The number of benzene rings is 1. The molecule has 254 valence electrons. The molecule has 3 fully saturated rings. The molecule has 3 saturated heterocycles. The molecule has 2 bridgehead atoms. The van der Waals surface area contributed by atoms with Crippen LogP contribution in [0.4, 0.5) is 5.69 Å². The fraction of sp³-hybridized carbons (Fsp3) is 0.649. The van der Waals surface area contributed by atoms with Gasteiger partial charge in [0.25, 0.3) is 0 Å². The van der Waals surface area contributed by atoms with Gasteiger partial charge in [-0.05, 0) is 82.6 Å². The van der Waals surface area contributed by atoms with Crippen molar-refractivity contribution in [1.29, 1.82) is 0 Å². The van der Waals surface area contributed by atoms with Crippen LogP contribution in [0.2, 0.25) is 0 Å². The summed E-state index contributed by atoms with van der Waals surface area (Å²) in [6.45, 7) is 25.4. The summed E-state index contributed by atoms with van der Waals surface area (Å²) in [5.41, 5.74) is -2.11. The Labute approximate surface area is 275 Å². The molecule has 0 aliphatic carbocycles. The molecule has 0 aromatic heterocycles. The highest BCUT2D eigenvalue weighted by molar-refractivity contribution is 6.03. The fourth-order valence-corrected chi connectivity index (χ4v) is 8.69. The van der Waals surface area contributed by atoms with Crippen molar-refractivity contribution in [3.8, 4) is 5.75 Å². The molecule has 1 aromatic rings. The minimum absolute atomic E-state index is 0.0661. The molecule has 6 atom stereocenters. The minimum atomic E-state index is -1.19. The lowest BCUT2D eigenvalue weighted by Gasteiger charge is -2.45. The third-order valence-corrected chi connectivity index (χ3v) is 10.2. The Hall–Kier alpha value is -3.17. The number of carbonyl (C=O) groups is 3. The summed E-state index contributed by atoms with van der Waals surface area (Å²) >= 11 is 0. The second kappa shape index (κ2) is 13.1. The topological polar surface area (TPSA) is 99.6 Å². The Kier molecular flexibility index (Phi) is 10.2. The molecule has 3 unspecified atom stereocenters. The summed E-state index contributed by atoms with van der Waals surface area (Å²) in [5, 5.41) is 9.80. The van der Waals surface area contributed by atoms with Crippen molar-refractivity contribution in [2.75, 3.05) is 37.7 Å². The molecule has 9 nitrogen and oxygen atoms in total. The van der Waals surface area contributed by atoms with Crippen molar-refractivity contribution >= 4 is 23.4 Å². The van der Waals surface area contributed by atoms with E-state index in [2.05, 4.69) is 47.8 Å². The number of carbonyl (C=O) groups excluding carboxylic acids is 3. The van der Waals surface area contributed by atoms with E-state index in [1.165, 1.54) is 0 Å². The van der Waals surface area contributed by atoms with E-state index >= 15 is 0 Å². The molecule has 4 rings (SSSR count). The van der Waals surface area contributed by atoms with Crippen LogP contribution in [0.1, 0.15) is 74.7 Å². The van der Waals surface area contributed by atoms with Gasteiger partial charge >= 0.3 is 0 Å². The van der Waals surface area contributed by atoms with Gasteiger partial charge in [-0.2, -0.15) is 0 Å². The lowest BCUT2D eigenvalue weighted by Crippen LogP contribution is -2.61. The first-order valence-electron chi connectivity index (χ1n) is 16.7. The van der Waals surface area contributed by atoms with Crippen molar-refractivity contribution in [3.05, 3.63) is 49.6 Å². The first kappa shape index (κ1) is 35.7. The quantitative estimate of drug-likeness (QED) is 0.281. The molecule has 3 amide bonds. The Morgan fingerprint density at radius 2 is 1.74 bits per heavy atom. The standard InChI is InChI=1S/C37H55N3O6/c1-11-19-38(26-15-17-27(18-16-26)45-13-3)31(42)28-29-32(43)39(21-14-22-41)30(37(29)23-25(4)36(28,10)46-37)33(44)40(20-12-2)35(8,9)24-34(5,6)7/h11-12,15-18,25,28-30,41H,1-2,13-14,19-24H2,3-10H3/t25?,28-,29+,30?,36+,37?/m1/s1. The van der Waals surface area contributed by atoms with Gasteiger partial charge in [-0.3, -0.25) is 14.4 Å². The average molecular weight is 638 g/mol. The summed E-state index contributed by atoms with van der Waals surface area (Å²) in [4.78, 5) is 49.4. The average Bonchev–Trinajstić information content (AvgIpc) is 3.48. The van der Waals surface area contributed by atoms with E-state index < -0.39 is 34.6 Å². The number of likely N-dealkylation sites (tertiary alicyclic amines) is 1. The van der Waals surface area contributed by atoms with Gasteiger partial charge in [-0.15, -0.1) is 13.2 Å². The van der Waals surface area contributed by atoms with Gasteiger partial charge in [0.05, 0.1) is 24.0 Å². The third-order valence-electron chi connectivity index (χ3n) is 10.2. The second-order valence-corrected chi connectivity index (χ2v) is 15.3. The Bertz CT molecular complexity index is 1320. The maximum atomic E-state index is 15.0. The maximum Gasteiger partial charge on any atom is 0.249 e. The zero-order chi connectivity index (χ0) is 34.2. The van der Waals surface area contributed by atoms with Gasteiger partial charge in [0, 0.05) is 37.5 Å². The molecule has 3 aliphatic rings. The predicted octanol–water partition coefficient (Wildman–Crippen LogP) is 5.23. The molecule has 9 heteroatoms. The maximum absolute atomic E-state index is 15.0. The summed E-state index contributed by atoms with van der Waals surface area (Å²) < 4.78 is 12.6. The van der Waals surface area contributed by atoms with E-state index in [1.54, 1.807) is 22.0 Å². The van der Waals surface area contributed by atoms with Crippen molar-refractivity contribution in [2.24, 2.45) is 23.2 Å². The number of hydrogen-bond acceptors (Lipinski definition) is 6. The molecular weight excluding hydrogens is 582 g/mol. The van der Waals surface area contributed by atoms with E-state index in [0.717, 1.165) is 6.42 Å². The molecule has 1 N–H and O–H groups in total. The van der Waals surface area contributed by atoms with Gasteiger partial charge < -0.3 is 29.3 Å². The van der Waals surface area contributed by atoms with Gasteiger partial charge in [0.1, 0.15) is 17.4 Å². The van der Waals surface area contributed by atoms with Crippen molar-refractivity contribution in [2.45, 2.75) is 97.4 Å². The number of hydrogen-bond donors (Lipinski definition) is 1. The smallest absolute Gasteiger partial charge is 0.249 e. The van der Waals surface area contributed by atoms with Gasteiger partial charge in [-0.1, -0.05) is 39.8 Å². The van der Waals surface area contributed by atoms with Crippen LogP contribution >= 0.6 is 0 Å². The van der Waals surface area contributed by atoms with E-state index in [4.69, 9.17) is 9.47 Å². The lowest BCUT2D eigenvalue weighted by atomic mass is 9.62. The van der Waals surface area contributed by atoms with Gasteiger partial charge in [0.15, 0.2) is 0 Å². The Balaban J connectivity index is 1.82. The van der Waals surface area contributed by atoms with E-state index in [-0.39, 0.29) is 48.8 Å². The monoisotopic (exact) mass is 637 g/mol. The minimum Gasteiger partial charge on any atom is -0.494 e. The normalized spacial score (nSPS) is 28.6. The van der Waals surface area contributed by atoms with Crippen LogP contribution in [-0.2, 0) is 19.1 Å². The van der Waals surface area contributed by atoms with Crippen molar-refractivity contribution in [3.63, 3.8) is 0 Å². The van der Waals surface area contributed by atoms with Crippen LogP contribution in [0, 0.1) is 23.2 Å². The van der Waals surface area contributed by atoms with Crippen LogP contribution in [0.15, 0.2) is 49.6 Å². The van der Waals surface area contributed by atoms with Crippen LogP contribution in [0.3, 0.4) is 0 Å². The summed E-state index contributed by atoms with van der Waals surface area (Å²) in [5.74, 6) is -1.77. The molecule has 0 saturated carbocycles. The predicted molar refractivity (Wildman–Crippen MR) is 180 cm³/mol. The first-order valence-corrected chi connectivity index (χ1v) is 16.7. The summed E-state index contributed by atoms with van der Waals surface area (Å²) in [6, 6.07) is 6.39. The highest BCUT2D eigenvalue weighted by Gasteiger charge is 2.80. The highest BCUT2D eigenvalue weighted by atomic mass is 16.5. The zero-order valence-corrected chi connectivity index (χ0v) is 29.2. The first-order chi connectivity index (χ1) is 21.5.